The summed E-state index contributed by atoms with van der Waals surface area (Å²) in [7, 11) is 0. The number of ether oxygens (including phenoxy) is 1. The Bertz CT molecular complexity index is 870. The number of aromatic nitrogens is 2. The van der Waals surface area contributed by atoms with Gasteiger partial charge in [0.25, 0.3) is 0 Å². The van der Waals surface area contributed by atoms with Crippen molar-refractivity contribution in [3.05, 3.63) is 53.1 Å². The third-order valence-corrected chi connectivity index (χ3v) is 5.77. The highest BCUT2D eigenvalue weighted by atomic mass is 19.1. The van der Waals surface area contributed by atoms with E-state index in [0.29, 0.717) is 25.1 Å². The highest BCUT2D eigenvalue weighted by Gasteiger charge is 2.25. The van der Waals surface area contributed by atoms with E-state index in [-0.39, 0.29) is 17.9 Å². The zero-order valence-corrected chi connectivity index (χ0v) is 17.2. The van der Waals surface area contributed by atoms with E-state index in [9.17, 15) is 9.18 Å². The Morgan fingerprint density at radius 3 is 2.80 bits per heavy atom. The molecule has 2 aliphatic heterocycles. The number of amides is 2. The molecule has 0 saturated carbocycles. The summed E-state index contributed by atoms with van der Waals surface area (Å²) < 4.78 is 18.6. The van der Waals surface area contributed by atoms with Crippen LogP contribution in [0.15, 0.2) is 30.5 Å². The molecule has 1 aromatic heterocycles. The van der Waals surface area contributed by atoms with Gasteiger partial charge in [-0.3, -0.25) is 0 Å². The Labute approximate surface area is 176 Å². The second kappa shape index (κ2) is 9.38. The molecule has 0 spiro atoms. The summed E-state index contributed by atoms with van der Waals surface area (Å²) in [5.74, 6) is 0.332. The molecule has 0 unspecified atom stereocenters. The maximum absolute atomic E-state index is 13.2. The van der Waals surface area contributed by atoms with Crippen molar-refractivity contribution in [3.63, 3.8) is 0 Å². The lowest BCUT2D eigenvalue weighted by Gasteiger charge is -2.30. The number of benzene rings is 1. The van der Waals surface area contributed by atoms with Gasteiger partial charge in [0.05, 0.1) is 18.3 Å². The maximum Gasteiger partial charge on any atom is 0.318 e. The monoisotopic (exact) mass is 413 g/mol. The molecule has 0 aliphatic carbocycles. The van der Waals surface area contributed by atoms with Crippen LogP contribution in [-0.4, -0.2) is 46.7 Å². The standard InChI is InChI=1S/C22H28FN5O2/c1-2-19(15-3-5-17(23)6-4-15)27-22(29)28-10-7-16-13-24-21(26-20(16)14-28)25-18-8-11-30-12-9-18/h3-6,13,18-19H,2,7-12,14H2,1H3,(H,27,29)(H,24,25,26)/t19-/m1/s1. The Balaban J connectivity index is 1.40. The number of hydrogen-bond donors (Lipinski definition) is 2. The third-order valence-electron chi connectivity index (χ3n) is 5.77. The van der Waals surface area contributed by atoms with Gasteiger partial charge in [0, 0.05) is 32.0 Å². The predicted octanol–water partition coefficient (Wildman–Crippen LogP) is 3.43. The normalized spacial score (nSPS) is 17.9. The van der Waals surface area contributed by atoms with E-state index < -0.39 is 0 Å². The van der Waals surface area contributed by atoms with Crippen LogP contribution >= 0.6 is 0 Å². The van der Waals surface area contributed by atoms with Crippen LogP contribution in [0.1, 0.15) is 49.0 Å². The first-order valence-corrected chi connectivity index (χ1v) is 10.6. The first-order chi connectivity index (χ1) is 14.6. The summed E-state index contributed by atoms with van der Waals surface area (Å²) in [5, 5.41) is 6.47. The molecule has 1 atom stereocenters. The van der Waals surface area contributed by atoms with Gasteiger partial charge < -0.3 is 20.3 Å². The van der Waals surface area contributed by atoms with Crippen LogP contribution in [0.3, 0.4) is 0 Å². The summed E-state index contributed by atoms with van der Waals surface area (Å²) in [5.41, 5.74) is 2.87. The number of fused-ring (bicyclic) bond motifs is 1. The number of anilines is 1. The van der Waals surface area contributed by atoms with Crippen LogP contribution < -0.4 is 10.6 Å². The second-order valence-corrected chi connectivity index (χ2v) is 7.83. The van der Waals surface area contributed by atoms with E-state index in [0.717, 1.165) is 55.7 Å². The molecule has 1 saturated heterocycles. The zero-order valence-electron chi connectivity index (χ0n) is 17.2. The highest BCUT2D eigenvalue weighted by molar-refractivity contribution is 5.75. The van der Waals surface area contributed by atoms with Gasteiger partial charge in [0.2, 0.25) is 5.95 Å². The molecule has 1 fully saturated rings. The van der Waals surface area contributed by atoms with Gasteiger partial charge >= 0.3 is 6.03 Å². The summed E-state index contributed by atoms with van der Waals surface area (Å²) in [6, 6.07) is 6.31. The van der Waals surface area contributed by atoms with Crippen molar-refractivity contribution in [2.75, 3.05) is 25.1 Å². The van der Waals surface area contributed by atoms with E-state index in [1.165, 1.54) is 12.1 Å². The molecule has 2 aliphatic rings. The van der Waals surface area contributed by atoms with Gasteiger partial charge in [-0.15, -0.1) is 0 Å². The van der Waals surface area contributed by atoms with Crippen molar-refractivity contribution in [1.82, 2.24) is 20.2 Å². The molecule has 4 rings (SSSR count). The van der Waals surface area contributed by atoms with Gasteiger partial charge in [-0.2, -0.15) is 0 Å². The number of urea groups is 1. The minimum atomic E-state index is -0.280. The van der Waals surface area contributed by atoms with Crippen molar-refractivity contribution in [2.45, 2.75) is 51.2 Å². The van der Waals surface area contributed by atoms with Crippen molar-refractivity contribution >= 4 is 12.0 Å². The van der Waals surface area contributed by atoms with Crippen LogP contribution in [0.2, 0.25) is 0 Å². The Morgan fingerprint density at radius 2 is 2.07 bits per heavy atom. The van der Waals surface area contributed by atoms with E-state index in [1.54, 1.807) is 17.0 Å². The first-order valence-electron chi connectivity index (χ1n) is 10.6. The van der Waals surface area contributed by atoms with E-state index in [2.05, 4.69) is 20.6 Å². The summed E-state index contributed by atoms with van der Waals surface area (Å²) >= 11 is 0. The molecule has 1 aromatic carbocycles. The summed E-state index contributed by atoms with van der Waals surface area (Å²) in [6.45, 7) is 4.58. The van der Waals surface area contributed by atoms with Gasteiger partial charge in [0.15, 0.2) is 0 Å². The molecule has 30 heavy (non-hydrogen) atoms. The van der Waals surface area contributed by atoms with Crippen LogP contribution in [0.4, 0.5) is 15.1 Å². The molecule has 7 nitrogen and oxygen atoms in total. The lowest BCUT2D eigenvalue weighted by atomic mass is 10.0. The molecule has 2 aromatic rings. The molecular formula is C22H28FN5O2. The molecule has 2 amide bonds. The number of carbonyl (C=O) groups excluding carboxylic acids is 1. The van der Waals surface area contributed by atoms with Gasteiger partial charge in [-0.25, -0.2) is 19.2 Å². The number of nitrogens with one attached hydrogen (secondary N) is 2. The molecule has 2 N–H and O–H groups in total. The van der Waals surface area contributed by atoms with Crippen molar-refractivity contribution in [2.24, 2.45) is 0 Å². The predicted molar refractivity (Wildman–Crippen MR) is 112 cm³/mol. The molecular weight excluding hydrogens is 385 g/mol. The minimum absolute atomic E-state index is 0.130. The topological polar surface area (TPSA) is 79.4 Å². The third kappa shape index (κ3) is 4.87. The van der Waals surface area contributed by atoms with Crippen molar-refractivity contribution < 1.29 is 13.9 Å². The fraction of sp³-hybridized carbons (Fsp3) is 0.500. The average Bonchev–Trinajstić information content (AvgIpc) is 2.78. The number of hydrogen-bond acceptors (Lipinski definition) is 5. The van der Waals surface area contributed by atoms with E-state index >= 15 is 0 Å². The molecule has 3 heterocycles. The number of rotatable bonds is 5. The molecule has 0 radical (unpaired) electrons. The van der Waals surface area contributed by atoms with Gasteiger partial charge in [-0.05, 0) is 48.9 Å². The second-order valence-electron chi connectivity index (χ2n) is 7.83. The fourth-order valence-electron chi connectivity index (χ4n) is 3.93. The van der Waals surface area contributed by atoms with Crippen molar-refractivity contribution in [3.8, 4) is 0 Å². The van der Waals surface area contributed by atoms with Crippen LogP contribution in [-0.2, 0) is 17.7 Å². The SMILES string of the molecule is CC[C@@H](NC(=O)N1CCc2cnc(NC3CCOCC3)nc2C1)c1ccc(F)cc1. The fourth-order valence-corrected chi connectivity index (χ4v) is 3.93. The summed E-state index contributed by atoms with van der Waals surface area (Å²) in [6.07, 6.45) is 5.21. The lowest BCUT2D eigenvalue weighted by molar-refractivity contribution is 0.0903. The minimum Gasteiger partial charge on any atom is -0.381 e. The first kappa shape index (κ1) is 20.5. The van der Waals surface area contributed by atoms with Gasteiger partial charge in [0.1, 0.15) is 5.82 Å². The number of carbonyl (C=O) groups is 1. The van der Waals surface area contributed by atoms with Crippen LogP contribution in [0, 0.1) is 5.82 Å². The number of nitrogens with zero attached hydrogens (tertiary/aromatic N) is 3. The average molecular weight is 413 g/mol. The smallest absolute Gasteiger partial charge is 0.318 e. The Kier molecular flexibility index (Phi) is 6.42. The van der Waals surface area contributed by atoms with Crippen LogP contribution in [0.5, 0.6) is 0 Å². The maximum atomic E-state index is 13.2. The largest absolute Gasteiger partial charge is 0.381 e. The van der Waals surface area contributed by atoms with Crippen molar-refractivity contribution in [1.29, 1.82) is 0 Å². The molecule has 0 bridgehead atoms. The van der Waals surface area contributed by atoms with Crippen LogP contribution in [0.25, 0.3) is 0 Å². The molecule has 8 heteroatoms. The highest BCUT2D eigenvalue weighted by Crippen LogP contribution is 2.21. The zero-order chi connectivity index (χ0) is 20.9. The lowest BCUT2D eigenvalue weighted by Crippen LogP contribution is -2.44. The quantitative estimate of drug-likeness (QED) is 0.785. The van der Waals surface area contributed by atoms with Gasteiger partial charge in [-0.1, -0.05) is 19.1 Å². The van der Waals surface area contributed by atoms with E-state index in [1.807, 2.05) is 13.1 Å². The number of halogens is 1. The Morgan fingerprint density at radius 1 is 1.30 bits per heavy atom. The van der Waals surface area contributed by atoms with E-state index in [4.69, 9.17) is 4.74 Å². The molecule has 160 valence electrons. The Hall–Kier alpha value is -2.74. The summed E-state index contributed by atoms with van der Waals surface area (Å²) in [4.78, 5) is 23.8.